The first-order valence-corrected chi connectivity index (χ1v) is 8.61. The summed E-state index contributed by atoms with van der Waals surface area (Å²) in [6, 6.07) is 16.7. The van der Waals surface area contributed by atoms with Crippen molar-refractivity contribution in [2.75, 3.05) is 10.6 Å². The van der Waals surface area contributed by atoms with Gasteiger partial charge < -0.3 is 20.4 Å². The number of nitrogens with one attached hydrogen (secondary N) is 3. The third-order valence-corrected chi connectivity index (χ3v) is 3.89. The molecule has 3 aromatic rings. The van der Waals surface area contributed by atoms with Gasteiger partial charge in [-0.15, -0.1) is 0 Å². The normalized spacial score (nSPS) is 10.2. The number of hydrogen-bond acceptors (Lipinski definition) is 4. The van der Waals surface area contributed by atoms with E-state index in [1.807, 2.05) is 0 Å². The predicted octanol–water partition coefficient (Wildman–Crippen LogP) is 3.42. The molecule has 2 aromatic carbocycles. The molecule has 0 saturated carbocycles. The zero-order chi connectivity index (χ0) is 19.9. The molecule has 0 atom stereocenters. The van der Waals surface area contributed by atoms with Crippen LogP contribution in [0.4, 0.5) is 11.4 Å². The lowest BCUT2D eigenvalue weighted by Gasteiger charge is -2.11. The van der Waals surface area contributed by atoms with Gasteiger partial charge in [0.1, 0.15) is 5.76 Å². The summed E-state index contributed by atoms with van der Waals surface area (Å²) in [5, 5.41) is 8.15. The van der Waals surface area contributed by atoms with E-state index in [1.165, 1.54) is 13.2 Å². The number of furan rings is 1. The molecule has 0 radical (unpaired) electrons. The van der Waals surface area contributed by atoms with Crippen LogP contribution in [0, 0.1) is 0 Å². The van der Waals surface area contributed by atoms with Crippen LogP contribution in [-0.2, 0) is 11.3 Å². The van der Waals surface area contributed by atoms with E-state index in [0.717, 1.165) is 0 Å². The van der Waals surface area contributed by atoms with E-state index in [4.69, 9.17) is 4.42 Å². The molecule has 0 bridgehead atoms. The van der Waals surface area contributed by atoms with Crippen LogP contribution in [0.25, 0.3) is 0 Å². The molecule has 28 heavy (non-hydrogen) atoms. The van der Waals surface area contributed by atoms with Gasteiger partial charge in [0.25, 0.3) is 11.8 Å². The third kappa shape index (κ3) is 4.85. The molecular formula is C21H19N3O4. The minimum absolute atomic E-state index is 0.188. The molecule has 0 fully saturated rings. The number of anilines is 2. The molecule has 1 aromatic heterocycles. The van der Waals surface area contributed by atoms with Gasteiger partial charge in [-0.25, -0.2) is 0 Å². The van der Waals surface area contributed by atoms with Crippen LogP contribution in [0.3, 0.4) is 0 Å². The highest BCUT2D eigenvalue weighted by atomic mass is 16.3. The largest absolute Gasteiger partial charge is 0.467 e. The standard InChI is InChI=1S/C21H19N3O4/c1-14(25)23-16-10-8-15(9-11-16)20(26)24-19-7-3-2-6-18(19)21(27)22-13-17-5-4-12-28-17/h2-12H,13H2,1H3,(H,22,27)(H,23,25)(H,24,26). The van der Waals surface area contributed by atoms with E-state index < -0.39 is 0 Å². The highest BCUT2D eigenvalue weighted by Crippen LogP contribution is 2.17. The Labute approximate surface area is 161 Å². The number of hydrogen-bond donors (Lipinski definition) is 3. The molecular weight excluding hydrogens is 358 g/mol. The van der Waals surface area contributed by atoms with Crippen LogP contribution in [-0.4, -0.2) is 17.7 Å². The first-order chi connectivity index (χ1) is 13.5. The maximum atomic E-state index is 12.5. The van der Waals surface area contributed by atoms with E-state index in [1.54, 1.807) is 60.7 Å². The van der Waals surface area contributed by atoms with Crippen LogP contribution in [0.1, 0.15) is 33.4 Å². The fraction of sp³-hybridized carbons (Fsp3) is 0.0952. The van der Waals surface area contributed by atoms with E-state index in [0.29, 0.717) is 28.3 Å². The molecule has 3 amide bonds. The van der Waals surface area contributed by atoms with E-state index in [2.05, 4.69) is 16.0 Å². The molecule has 0 aliphatic heterocycles. The van der Waals surface area contributed by atoms with Crippen molar-refractivity contribution >= 4 is 29.1 Å². The van der Waals surface area contributed by atoms with Crippen molar-refractivity contribution in [3.63, 3.8) is 0 Å². The van der Waals surface area contributed by atoms with Crippen LogP contribution in [0.2, 0.25) is 0 Å². The number of benzene rings is 2. The smallest absolute Gasteiger partial charge is 0.255 e. The van der Waals surface area contributed by atoms with Crippen molar-refractivity contribution in [1.29, 1.82) is 0 Å². The maximum absolute atomic E-state index is 12.5. The van der Waals surface area contributed by atoms with E-state index in [9.17, 15) is 14.4 Å². The Balaban J connectivity index is 1.69. The Bertz CT molecular complexity index is 979. The summed E-state index contributed by atoms with van der Waals surface area (Å²) in [5.74, 6) is -0.241. The molecule has 3 N–H and O–H groups in total. The molecule has 7 nitrogen and oxygen atoms in total. The number of carbonyl (C=O) groups excluding carboxylic acids is 3. The Kier molecular flexibility index (Phi) is 5.86. The lowest BCUT2D eigenvalue weighted by atomic mass is 10.1. The third-order valence-electron chi connectivity index (χ3n) is 3.89. The van der Waals surface area contributed by atoms with Crippen LogP contribution < -0.4 is 16.0 Å². The molecule has 1 heterocycles. The lowest BCUT2D eigenvalue weighted by molar-refractivity contribution is -0.114. The highest BCUT2D eigenvalue weighted by molar-refractivity contribution is 6.09. The van der Waals surface area contributed by atoms with Crippen LogP contribution in [0.5, 0.6) is 0 Å². The summed E-state index contributed by atoms with van der Waals surface area (Å²) in [7, 11) is 0. The lowest BCUT2D eigenvalue weighted by Crippen LogP contribution is -2.24. The summed E-state index contributed by atoms with van der Waals surface area (Å²) in [6.07, 6.45) is 1.53. The molecule has 3 rings (SSSR count). The van der Waals surface area contributed by atoms with Gasteiger partial charge in [0.2, 0.25) is 5.91 Å². The summed E-state index contributed by atoms with van der Waals surface area (Å²) < 4.78 is 5.20. The number of carbonyl (C=O) groups is 3. The number of rotatable bonds is 6. The second-order valence-electron chi connectivity index (χ2n) is 6.02. The van der Waals surface area contributed by atoms with Crippen molar-refractivity contribution in [2.45, 2.75) is 13.5 Å². The Morgan fingerprint density at radius 3 is 2.29 bits per heavy atom. The van der Waals surface area contributed by atoms with Gasteiger partial charge in [0, 0.05) is 18.2 Å². The van der Waals surface area contributed by atoms with Crippen LogP contribution >= 0.6 is 0 Å². The highest BCUT2D eigenvalue weighted by Gasteiger charge is 2.14. The van der Waals surface area contributed by atoms with Gasteiger partial charge in [-0.3, -0.25) is 14.4 Å². The quantitative estimate of drug-likeness (QED) is 0.613. The van der Waals surface area contributed by atoms with Crippen molar-refractivity contribution in [1.82, 2.24) is 5.32 Å². The first-order valence-electron chi connectivity index (χ1n) is 8.61. The molecule has 0 unspecified atom stereocenters. The second-order valence-corrected chi connectivity index (χ2v) is 6.02. The van der Waals surface area contributed by atoms with Gasteiger partial charge in [-0.2, -0.15) is 0 Å². The fourth-order valence-corrected chi connectivity index (χ4v) is 2.57. The number of para-hydroxylation sites is 1. The average Bonchev–Trinajstić information content (AvgIpc) is 3.20. The minimum Gasteiger partial charge on any atom is -0.467 e. The van der Waals surface area contributed by atoms with E-state index >= 15 is 0 Å². The van der Waals surface area contributed by atoms with E-state index in [-0.39, 0.29) is 24.3 Å². The monoisotopic (exact) mass is 377 g/mol. The Morgan fingerprint density at radius 2 is 1.61 bits per heavy atom. The van der Waals surface area contributed by atoms with Crippen LogP contribution in [0.15, 0.2) is 71.3 Å². The van der Waals surface area contributed by atoms with Gasteiger partial charge in [0.05, 0.1) is 24.1 Å². The Morgan fingerprint density at radius 1 is 0.857 bits per heavy atom. The van der Waals surface area contributed by atoms with Crippen molar-refractivity contribution in [3.05, 3.63) is 83.8 Å². The fourth-order valence-electron chi connectivity index (χ4n) is 2.57. The summed E-state index contributed by atoms with van der Waals surface area (Å²) in [5.41, 5.74) is 1.74. The maximum Gasteiger partial charge on any atom is 0.255 e. The molecule has 0 spiro atoms. The van der Waals surface area contributed by atoms with Gasteiger partial charge in [-0.05, 0) is 48.5 Å². The summed E-state index contributed by atoms with van der Waals surface area (Å²) in [4.78, 5) is 36.1. The minimum atomic E-state index is -0.361. The van der Waals surface area contributed by atoms with Crippen molar-refractivity contribution in [3.8, 4) is 0 Å². The SMILES string of the molecule is CC(=O)Nc1ccc(C(=O)Nc2ccccc2C(=O)NCc2ccco2)cc1. The first kappa shape index (κ1) is 18.9. The zero-order valence-corrected chi connectivity index (χ0v) is 15.2. The van der Waals surface area contributed by atoms with Crippen molar-refractivity contribution in [2.24, 2.45) is 0 Å². The molecule has 0 aliphatic rings. The molecule has 0 saturated heterocycles. The predicted molar refractivity (Wildman–Crippen MR) is 105 cm³/mol. The van der Waals surface area contributed by atoms with Crippen molar-refractivity contribution < 1.29 is 18.8 Å². The number of amides is 3. The second kappa shape index (κ2) is 8.68. The topological polar surface area (TPSA) is 100 Å². The van der Waals surface area contributed by atoms with Gasteiger partial charge in [-0.1, -0.05) is 12.1 Å². The Hall–Kier alpha value is -3.87. The molecule has 0 aliphatic carbocycles. The average molecular weight is 377 g/mol. The molecule has 142 valence electrons. The van der Waals surface area contributed by atoms with Gasteiger partial charge in [0.15, 0.2) is 0 Å². The van der Waals surface area contributed by atoms with Gasteiger partial charge >= 0.3 is 0 Å². The zero-order valence-electron chi connectivity index (χ0n) is 15.2. The molecule has 7 heteroatoms. The summed E-state index contributed by atoms with van der Waals surface area (Å²) in [6.45, 7) is 1.66. The summed E-state index contributed by atoms with van der Waals surface area (Å²) >= 11 is 0.